The first kappa shape index (κ1) is 26.3. The smallest absolute Gasteiger partial charge is 0.251 e. The molecule has 0 radical (unpaired) electrons. The van der Waals surface area contributed by atoms with Crippen molar-refractivity contribution < 1.29 is 13.2 Å². The van der Waals surface area contributed by atoms with E-state index < -0.39 is 21.8 Å². The Hall–Kier alpha value is -3.30. The van der Waals surface area contributed by atoms with Crippen LogP contribution in [0.1, 0.15) is 52.6 Å². The summed E-state index contributed by atoms with van der Waals surface area (Å²) < 4.78 is 23.8. The van der Waals surface area contributed by atoms with Gasteiger partial charge >= 0.3 is 0 Å². The number of hydrogen-bond donors (Lipinski definition) is 2. The van der Waals surface area contributed by atoms with Gasteiger partial charge in [-0.25, -0.2) is 8.42 Å². The van der Waals surface area contributed by atoms with E-state index in [4.69, 9.17) is 17.3 Å². The Kier molecular flexibility index (Phi) is 8.24. The highest BCUT2D eigenvalue weighted by molar-refractivity contribution is 7.90. The second-order valence-corrected chi connectivity index (χ2v) is 11.0. The third kappa shape index (κ3) is 6.64. The van der Waals surface area contributed by atoms with Crippen LogP contribution in [0.2, 0.25) is 5.02 Å². The van der Waals surface area contributed by atoms with Crippen molar-refractivity contribution in [1.29, 1.82) is 0 Å². The van der Waals surface area contributed by atoms with Crippen LogP contribution in [0.15, 0.2) is 69.6 Å². The number of nitroso groups, excluding NO2 is 1. The minimum absolute atomic E-state index is 0.00496. The number of benzene rings is 2. The number of halogens is 1. The van der Waals surface area contributed by atoms with Crippen LogP contribution < -0.4 is 11.3 Å². The molecule has 0 aliphatic rings. The van der Waals surface area contributed by atoms with Crippen LogP contribution in [-0.4, -0.2) is 25.6 Å². The van der Waals surface area contributed by atoms with Crippen LogP contribution in [0.3, 0.4) is 0 Å². The predicted molar refractivity (Wildman–Crippen MR) is 135 cm³/mol. The highest BCUT2D eigenvalue weighted by Crippen LogP contribution is 2.38. The summed E-state index contributed by atoms with van der Waals surface area (Å²) in [6.45, 7) is 1.91. The number of aromatic nitrogens is 1. The number of primary amides is 1. The van der Waals surface area contributed by atoms with Gasteiger partial charge in [0.1, 0.15) is 6.04 Å². The lowest BCUT2D eigenvalue weighted by molar-refractivity contribution is -0.117. The number of carbonyl (C=O) groups is 1. The molecule has 35 heavy (non-hydrogen) atoms. The van der Waals surface area contributed by atoms with E-state index in [-0.39, 0.29) is 35.6 Å². The summed E-state index contributed by atoms with van der Waals surface area (Å²) in [5.74, 6) is -0.847. The molecule has 1 heterocycles. The Morgan fingerprint density at radius 3 is 2.37 bits per heavy atom. The molecule has 2 unspecified atom stereocenters. The number of H-pyrrole nitrogens is 1. The molecule has 1 aromatic heterocycles. The van der Waals surface area contributed by atoms with Crippen molar-refractivity contribution in [3.8, 4) is 0 Å². The summed E-state index contributed by atoms with van der Waals surface area (Å²) in [4.78, 5) is 38.1. The lowest BCUT2D eigenvalue weighted by atomic mass is 9.82. The van der Waals surface area contributed by atoms with E-state index in [1.807, 2.05) is 19.1 Å². The largest absolute Gasteiger partial charge is 0.370 e. The normalized spacial score (nSPS) is 13.2. The molecule has 0 fully saturated rings. The minimum Gasteiger partial charge on any atom is -0.370 e. The summed E-state index contributed by atoms with van der Waals surface area (Å²) in [7, 11) is -3.37. The quantitative estimate of drug-likeness (QED) is 0.390. The lowest BCUT2D eigenvalue weighted by Gasteiger charge is -2.23. The number of aryl methyl sites for hydroxylation is 2. The van der Waals surface area contributed by atoms with Gasteiger partial charge in [0.05, 0.1) is 4.90 Å². The summed E-state index contributed by atoms with van der Waals surface area (Å²) in [5, 5.41) is 3.91. The van der Waals surface area contributed by atoms with Crippen LogP contribution >= 0.6 is 11.6 Å². The standard InChI is InChI=1S/C25H26ClN3O5S/c1-15-11-19(26)6-9-21(15)22(16-3-7-20(8-4-16)35(2,33)34)13-23(29-32)18-12-17(5-10-24(27)30)25(31)28-14-18/h3-4,6-9,11-12,14,22-23H,5,10,13H2,1-2H3,(H2,27,30)(H,28,31). The molecule has 8 nitrogen and oxygen atoms in total. The minimum atomic E-state index is -3.37. The highest BCUT2D eigenvalue weighted by Gasteiger charge is 2.25. The summed E-state index contributed by atoms with van der Waals surface area (Å²) in [6.07, 6.45) is 3.00. The molecule has 0 aliphatic carbocycles. The van der Waals surface area contributed by atoms with Gasteiger partial charge in [0.15, 0.2) is 9.84 Å². The van der Waals surface area contributed by atoms with Crippen LogP contribution in [0, 0.1) is 11.8 Å². The molecule has 10 heteroatoms. The molecule has 0 spiro atoms. The molecule has 3 rings (SSSR count). The van der Waals surface area contributed by atoms with Crippen LogP contribution in [-0.2, 0) is 21.1 Å². The fourth-order valence-electron chi connectivity index (χ4n) is 4.07. The van der Waals surface area contributed by atoms with Crippen LogP contribution in [0.5, 0.6) is 0 Å². The van der Waals surface area contributed by atoms with Gasteiger partial charge in [0, 0.05) is 35.4 Å². The Bertz CT molecular complexity index is 1400. The van der Waals surface area contributed by atoms with Crippen molar-refractivity contribution in [3.05, 3.63) is 103 Å². The number of pyridine rings is 1. The van der Waals surface area contributed by atoms with Gasteiger partial charge in [-0.2, -0.15) is 4.91 Å². The number of aromatic amines is 1. The Labute approximate surface area is 208 Å². The molecule has 184 valence electrons. The fraction of sp³-hybridized carbons (Fsp3) is 0.280. The van der Waals surface area contributed by atoms with Gasteiger partial charge < -0.3 is 10.7 Å². The zero-order chi connectivity index (χ0) is 25.8. The van der Waals surface area contributed by atoms with Crippen molar-refractivity contribution in [2.45, 2.75) is 43.0 Å². The first-order valence-corrected chi connectivity index (χ1v) is 13.1. The average Bonchev–Trinajstić information content (AvgIpc) is 2.80. The molecule has 0 bridgehead atoms. The van der Waals surface area contributed by atoms with Crippen molar-refractivity contribution in [3.63, 3.8) is 0 Å². The molecular weight excluding hydrogens is 490 g/mol. The first-order valence-electron chi connectivity index (χ1n) is 10.9. The third-order valence-electron chi connectivity index (χ3n) is 5.93. The van der Waals surface area contributed by atoms with E-state index in [2.05, 4.69) is 10.2 Å². The second kappa shape index (κ2) is 11.0. The first-order chi connectivity index (χ1) is 16.5. The topological polar surface area (TPSA) is 140 Å². The van der Waals surface area contributed by atoms with Gasteiger partial charge in [0.2, 0.25) is 5.91 Å². The van der Waals surface area contributed by atoms with Gasteiger partial charge in [-0.3, -0.25) is 9.59 Å². The zero-order valence-electron chi connectivity index (χ0n) is 19.3. The molecule has 0 aliphatic heterocycles. The van der Waals surface area contributed by atoms with E-state index in [0.29, 0.717) is 16.1 Å². The molecule has 3 N–H and O–H groups in total. The summed E-state index contributed by atoms with van der Waals surface area (Å²) >= 11 is 6.15. The van der Waals surface area contributed by atoms with Crippen molar-refractivity contribution in [2.75, 3.05) is 6.26 Å². The van der Waals surface area contributed by atoms with Crippen molar-refractivity contribution >= 4 is 27.3 Å². The molecule has 3 aromatic rings. The number of sulfone groups is 1. The fourth-order valence-corrected chi connectivity index (χ4v) is 4.93. The number of nitrogens with two attached hydrogens (primary N) is 1. The van der Waals surface area contributed by atoms with E-state index in [1.165, 1.54) is 18.3 Å². The van der Waals surface area contributed by atoms with E-state index in [9.17, 15) is 22.9 Å². The van der Waals surface area contributed by atoms with Crippen molar-refractivity contribution in [1.82, 2.24) is 4.98 Å². The maximum Gasteiger partial charge on any atom is 0.251 e. The highest BCUT2D eigenvalue weighted by atomic mass is 35.5. The molecule has 0 saturated heterocycles. The summed E-state index contributed by atoms with van der Waals surface area (Å²) in [5.41, 5.74) is 8.30. The van der Waals surface area contributed by atoms with E-state index >= 15 is 0 Å². The molecule has 2 aromatic carbocycles. The number of hydrogen-bond acceptors (Lipinski definition) is 6. The second-order valence-electron chi connectivity index (χ2n) is 8.51. The maximum atomic E-state index is 12.2. The van der Waals surface area contributed by atoms with Crippen LogP contribution in [0.4, 0.5) is 0 Å². The number of nitrogens with zero attached hydrogens (tertiary/aromatic N) is 1. The summed E-state index contributed by atoms with van der Waals surface area (Å²) in [6, 6.07) is 12.7. The molecule has 1 amide bonds. The van der Waals surface area contributed by atoms with Gasteiger partial charge in [-0.1, -0.05) is 35.0 Å². The Balaban J connectivity index is 2.03. The molecular formula is C25H26ClN3O5S. The van der Waals surface area contributed by atoms with Gasteiger partial charge in [-0.15, -0.1) is 0 Å². The lowest BCUT2D eigenvalue weighted by Crippen LogP contribution is -2.18. The SMILES string of the molecule is Cc1cc(Cl)ccc1C(CC(N=O)c1c[nH]c(=O)c(CCC(N)=O)c1)c1ccc(S(C)(=O)=O)cc1. The molecule has 0 saturated carbocycles. The maximum absolute atomic E-state index is 12.2. The third-order valence-corrected chi connectivity index (χ3v) is 7.30. The van der Waals surface area contributed by atoms with Crippen molar-refractivity contribution in [2.24, 2.45) is 10.9 Å². The number of nitrogens with one attached hydrogen (secondary N) is 1. The van der Waals surface area contributed by atoms with E-state index in [1.54, 1.807) is 24.3 Å². The Morgan fingerprint density at radius 1 is 1.11 bits per heavy atom. The predicted octanol–water partition coefficient (Wildman–Crippen LogP) is 4.19. The van der Waals surface area contributed by atoms with E-state index in [0.717, 1.165) is 22.9 Å². The van der Waals surface area contributed by atoms with Gasteiger partial charge in [-0.05, 0) is 72.4 Å². The number of carbonyl (C=O) groups excluding carboxylic acids is 1. The zero-order valence-corrected chi connectivity index (χ0v) is 20.9. The molecule has 2 atom stereocenters. The number of rotatable bonds is 10. The number of amides is 1. The Morgan fingerprint density at radius 2 is 1.80 bits per heavy atom. The van der Waals surface area contributed by atoms with Crippen LogP contribution in [0.25, 0.3) is 0 Å². The average molecular weight is 516 g/mol. The van der Waals surface area contributed by atoms with Gasteiger partial charge in [0.25, 0.3) is 5.56 Å². The monoisotopic (exact) mass is 515 g/mol.